The second kappa shape index (κ2) is 3.18. The van der Waals surface area contributed by atoms with Gasteiger partial charge in [0.05, 0.1) is 12.7 Å². The highest BCUT2D eigenvalue weighted by Gasteiger charge is 2.05. The van der Waals surface area contributed by atoms with Crippen LogP contribution < -0.4 is 0 Å². The fourth-order valence-electron chi connectivity index (χ4n) is 1.14. The van der Waals surface area contributed by atoms with E-state index in [1.807, 2.05) is 17.5 Å². The monoisotopic (exact) mass is 191 g/mol. The molecule has 0 atom stereocenters. The van der Waals surface area contributed by atoms with E-state index in [-0.39, 0.29) is 5.97 Å². The summed E-state index contributed by atoms with van der Waals surface area (Å²) < 4.78 is 5.68. The zero-order chi connectivity index (χ0) is 9.26. The molecule has 1 aromatic carbocycles. The van der Waals surface area contributed by atoms with E-state index < -0.39 is 0 Å². The molecule has 0 amide bonds. The predicted octanol–water partition coefficient (Wildman–Crippen LogP) is 2.49. The van der Waals surface area contributed by atoms with Crippen molar-refractivity contribution in [2.45, 2.75) is 0 Å². The standard InChI is InChI=1S/C10H7O2S/c1-12-10(11)8-3-2-7-4-5-13-9(7)6-8/h2-3,5-6H,1H3. The van der Waals surface area contributed by atoms with Crippen LogP contribution in [0.15, 0.2) is 23.6 Å². The second-order valence-electron chi connectivity index (χ2n) is 2.58. The molecule has 0 unspecified atom stereocenters. The molecule has 3 heteroatoms. The number of hydrogen-bond acceptors (Lipinski definition) is 3. The third-order valence-corrected chi connectivity index (χ3v) is 2.63. The van der Waals surface area contributed by atoms with Crippen LogP contribution in [0.4, 0.5) is 0 Å². The molecule has 0 spiro atoms. The van der Waals surface area contributed by atoms with Gasteiger partial charge in [0.2, 0.25) is 0 Å². The fraction of sp³-hybridized carbons (Fsp3) is 0.100. The van der Waals surface area contributed by atoms with Gasteiger partial charge in [-0.3, -0.25) is 0 Å². The Morgan fingerprint density at radius 1 is 1.54 bits per heavy atom. The quantitative estimate of drug-likeness (QED) is 0.647. The van der Waals surface area contributed by atoms with E-state index in [1.54, 1.807) is 17.4 Å². The Hall–Kier alpha value is -1.35. The molecule has 0 fully saturated rings. The number of carbonyl (C=O) groups is 1. The number of benzene rings is 1. The van der Waals surface area contributed by atoms with Crippen LogP contribution in [-0.2, 0) is 4.74 Å². The van der Waals surface area contributed by atoms with Crippen molar-refractivity contribution < 1.29 is 9.53 Å². The summed E-state index contributed by atoms with van der Waals surface area (Å²) in [7, 11) is 1.38. The molecule has 0 saturated carbocycles. The lowest BCUT2D eigenvalue weighted by molar-refractivity contribution is 0.0601. The van der Waals surface area contributed by atoms with Crippen molar-refractivity contribution in [1.82, 2.24) is 0 Å². The van der Waals surface area contributed by atoms with E-state index in [9.17, 15) is 4.79 Å². The molecule has 1 heterocycles. The van der Waals surface area contributed by atoms with Crippen molar-refractivity contribution in [1.29, 1.82) is 0 Å². The maximum atomic E-state index is 11.2. The zero-order valence-corrected chi connectivity index (χ0v) is 7.85. The minimum Gasteiger partial charge on any atom is -0.465 e. The van der Waals surface area contributed by atoms with Gasteiger partial charge in [-0.25, -0.2) is 4.79 Å². The van der Waals surface area contributed by atoms with Gasteiger partial charge in [0.25, 0.3) is 0 Å². The first-order valence-electron chi connectivity index (χ1n) is 3.78. The lowest BCUT2D eigenvalue weighted by Crippen LogP contribution is -1.99. The van der Waals surface area contributed by atoms with E-state index >= 15 is 0 Å². The molecule has 2 aromatic rings. The maximum absolute atomic E-state index is 11.2. The molecule has 0 bridgehead atoms. The van der Waals surface area contributed by atoms with Gasteiger partial charge in [0.15, 0.2) is 0 Å². The van der Waals surface area contributed by atoms with E-state index in [0.717, 1.165) is 10.1 Å². The molecular formula is C10H7O2S. The molecule has 1 aromatic heterocycles. The van der Waals surface area contributed by atoms with Crippen LogP contribution in [0.25, 0.3) is 10.1 Å². The van der Waals surface area contributed by atoms with Gasteiger partial charge >= 0.3 is 5.97 Å². The number of rotatable bonds is 1. The highest BCUT2D eigenvalue weighted by atomic mass is 32.1. The lowest BCUT2D eigenvalue weighted by Gasteiger charge is -1.97. The van der Waals surface area contributed by atoms with Crippen LogP contribution in [0, 0.1) is 6.07 Å². The van der Waals surface area contributed by atoms with Crippen molar-refractivity contribution in [3.8, 4) is 0 Å². The maximum Gasteiger partial charge on any atom is 0.337 e. The summed E-state index contributed by atoms with van der Waals surface area (Å²) in [4.78, 5) is 11.2. The van der Waals surface area contributed by atoms with Crippen molar-refractivity contribution in [2.75, 3.05) is 7.11 Å². The van der Waals surface area contributed by atoms with Crippen molar-refractivity contribution in [3.63, 3.8) is 0 Å². The van der Waals surface area contributed by atoms with Gasteiger partial charge in [-0.15, -0.1) is 11.3 Å². The van der Waals surface area contributed by atoms with Gasteiger partial charge in [-0.1, -0.05) is 6.07 Å². The number of thiophene rings is 1. The summed E-state index contributed by atoms with van der Waals surface area (Å²) in [6.07, 6.45) is 0. The van der Waals surface area contributed by atoms with E-state index in [0.29, 0.717) is 5.56 Å². The van der Waals surface area contributed by atoms with E-state index in [1.165, 1.54) is 7.11 Å². The minimum atomic E-state index is -0.296. The largest absolute Gasteiger partial charge is 0.465 e. The van der Waals surface area contributed by atoms with Crippen LogP contribution in [0.2, 0.25) is 0 Å². The first-order valence-corrected chi connectivity index (χ1v) is 4.66. The molecular weight excluding hydrogens is 184 g/mol. The first kappa shape index (κ1) is 8.26. The molecule has 0 aliphatic rings. The molecule has 1 radical (unpaired) electrons. The summed E-state index contributed by atoms with van der Waals surface area (Å²) in [5.41, 5.74) is 0.589. The summed E-state index contributed by atoms with van der Waals surface area (Å²) in [5, 5.41) is 2.92. The van der Waals surface area contributed by atoms with Crippen molar-refractivity contribution in [3.05, 3.63) is 35.2 Å². The Morgan fingerprint density at radius 3 is 3.15 bits per heavy atom. The van der Waals surface area contributed by atoms with Crippen molar-refractivity contribution >= 4 is 27.4 Å². The molecule has 0 aliphatic carbocycles. The molecule has 0 N–H and O–H groups in total. The SMILES string of the molecule is COC(=O)c1ccc2[c]csc2c1. The molecule has 2 rings (SSSR count). The number of hydrogen-bond donors (Lipinski definition) is 0. The average molecular weight is 191 g/mol. The van der Waals surface area contributed by atoms with Crippen molar-refractivity contribution in [2.24, 2.45) is 0 Å². The normalized spacial score (nSPS) is 10.2. The Bertz CT molecular complexity index is 445. The molecule has 65 valence electrons. The smallest absolute Gasteiger partial charge is 0.337 e. The van der Waals surface area contributed by atoms with E-state index in [4.69, 9.17) is 0 Å². The van der Waals surface area contributed by atoms with E-state index in [2.05, 4.69) is 10.8 Å². The lowest BCUT2D eigenvalue weighted by atomic mass is 10.2. The molecule has 0 saturated heterocycles. The van der Waals surface area contributed by atoms with Crippen LogP contribution in [0.1, 0.15) is 10.4 Å². The summed E-state index contributed by atoms with van der Waals surface area (Å²) in [6, 6.07) is 8.51. The number of esters is 1. The summed E-state index contributed by atoms with van der Waals surface area (Å²) >= 11 is 1.57. The second-order valence-corrected chi connectivity index (χ2v) is 3.49. The fourth-order valence-corrected chi connectivity index (χ4v) is 1.90. The number of methoxy groups -OCH3 is 1. The third kappa shape index (κ3) is 1.42. The van der Waals surface area contributed by atoms with Crippen LogP contribution in [0.5, 0.6) is 0 Å². The predicted molar refractivity (Wildman–Crippen MR) is 52.0 cm³/mol. The van der Waals surface area contributed by atoms with Gasteiger partial charge in [-0.2, -0.15) is 0 Å². The number of carbonyl (C=O) groups excluding carboxylic acids is 1. The van der Waals surface area contributed by atoms with Crippen LogP contribution in [-0.4, -0.2) is 13.1 Å². The Kier molecular flexibility index (Phi) is 2.02. The zero-order valence-electron chi connectivity index (χ0n) is 7.03. The van der Waals surface area contributed by atoms with Gasteiger partial charge in [0, 0.05) is 16.2 Å². The Morgan fingerprint density at radius 2 is 2.38 bits per heavy atom. The average Bonchev–Trinajstić information content (AvgIpc) is 2.63. The summed E-state index contributed by atoms with van der Waals surface area (Å²) in [5.74, 6) is -0.296. The third-order valence-electron chi connectivity index (χ3n) is 1.80. The van der Waals surface area contributed by atoms with Gasteiger partial charge in [0.1, 0.15) is 0 Å². The molecule has 13 heavy (non-hydrogen) atoms. The minimum absolute atomic E-state index is 0.296. The first-order chi connectivity index (χ1) is 6.31. The van der Waals surface area contributed by atoms with Gasteiger partial charge < -0.3 is 4.74 Å². The highest BCUT2D eigenvalue weighted by Crippen LogP contribution is 2.21. The Labute approximate surface area is 79.8 Å². The van der Waals surface area contributed by atoms with Crippen LogP contribution in [0.3, 0.4) is 0 Å². The number of ether oxygens (including phenoxy) is 1. The summed E-state index contributed by atoms with van der Waals surface area (Å²) in [6.45, 7) is 0. The Balaban J connectivity index is 2.54. The topological polar surface area (TPSA) is 26.3 Å². The highest BCUT2D eigenvalue weighted by molar-refractivity contribution is 7.17. The van der Waals surface area contributed by atoms with Crippen LogP contribution >= 0.6 is 11.3 Å². The molecule has 2 nitrogen and oxygen atoms in total. The van der Waals surface area contributed by atoms with Gasteiger partial charge in [-0.05, 0) is 17.5 Å². The molecule has 0 aliphatic heterocycles. The number of fused-ring (bicyclic) bond motifs is 1.